The number of piperidine rings is 1. The Balaban J connectivity index is 0.00000320. The molecule has 3 rings (SSSR count). The van der Waals surface area contributed by atoms with Crippen molar-refractivity contribution in [1.29, 1.82) is 0 Å². The molecule has 0 aromatic heterocycles. The number of benzene rings is 1. The molecule has 0 bridgehead atoms. The smallest absolute Gasteiger partial charge is 0.191 e. The number of hydrogen-bond acceptors (Lipinski definition) is 3. The van der Waals surface area contributed by atoms with Crippen molar-refractivity contribution < 1.29 is 0 Å². The van der Waals surface area contributed by atoms with E-state index < -0.39 is 0 Å². The van der Waals surface area contributed by atoms with Gasteiger partial charge in [0.15, 0.2) is 5.96 Å². The van der Waals surface area contributed by atoms with E-state index in [2.05, 4.69) is 56.6 Å². The molecule has 6 heteroatoms. The van der Waals surface area contributed by atoms with E-state index >= 15 is 0 Å². The van der Waals surface area contributed by atoms with E-state index in [1.54, 1.807) is 0 Å². The Bertz CT molecular complexity index is 620. The molecule has 170 valence electrons. The van der Waals surface area contributed by atoms with E-state index in [1.807, 2.05) is 7.05 Å². The lowest BCUT2D eigenvalue weighted by Gasteiger charge is -2.32. The molecule has 2 aliphatic heterocycles. The first kappa shape index (κ1) is 25.4. The molecule has 5 nitrogen and oxygen atoms in total. The number of hydrogen-bond donors (Lipinski definition) is 2. The van der Waals surface area contributed by atoms with Gasteiger partial charge in [-0.05, 0) is 62.9 Å². The van der Waals surface area contributed by atoms with Gasteiger partial charge in [0.2, 0.25) is 0 Å². The first-order valence-corrected chi connectivity index (χ1v) is 11.8. The molecule has 0 amide bonds. The molecule has 2 fully saturated rings. The summed E-state index contributed by atoms with van der Waals surface area (Å²) in [6.07, 6.45) is 9.13. The predicted octanol–water partition coefficient (Wildman–Crippen LogP) is 4.22. The van der Waals surface area contributed by atoms with Gasteiger partial charge in [-0.25, -0.2) is 0 Å². The molecule has 2 aliphatic rings. The molecule has 0 spiro atoms. The average molecular weight is 528 g/mol. The van der Waals surface area contributed by atoms with Crippen LogP contribution in [0.2, 0.25) is 0 Å². The predicted molar refractivity (Wildman–Crippen MR) is 139 cm³/mol. The summed E-state index contributed by atoms with van der Waals surface area (Å²) in [5.41, 5.74) is 2.76. The Morgan fingerprint density at radius 2 is 1.70 bits per heavy atom. The van der Waals surface area contributed by atoms with E-state index in [-0.39, 0.29) is 24.0 Å². The van der Waals surface area contributed by atoms with Gasteiger partial charge < -0.3 is 15.5 Å². The molecular weight excluding hydrogens is 485 g/mol. The van der Waals surface area contributed by atoms with Gasteiger partial charge in [-0.3, -0.25) is 9.89 Å². The molecule has 2 saturated heterocycles. The molecule has 2 heterocycles. The SMILES string of the molecule is CCCN1CCC(NC(=NC)NCc2cccc(CN3CCCCCC3)c2)CC1.I. The lowest BCUT2D eigenvalue weighted by atomic mass is 10.1. The molecule has 1 aromatic rings. The van der Waals surface area contributed by atoms with Crippen molar-refractivity contribution in [2.45, 2.75) is 71.0 Å². The molecule has 2 N–H and O–H groups in total. The van der Waals surface area contributed by atoms with Gasteiger partial charge in [0, 0.05) is 39.3 Å². The van der Waals surface area contributed by atoms with Crippen LogP contribution in [0.3, 0.4) is 0 Å². The summed E-state index contributed by atoms with van der Waals surface area (Å²) in [7, 11) is 1.87. The number of likely N-dealkylation sites (tertiary alicyclic amines) is 2. The van der Waals surface area contributed by atoms with E-state index in [0.29, 0.717) is 6.04 Å². The maximum atomic E-state index is 4.45. The third-order valence-corrected chi connectivity index (χ3v) is 6.25. The molecule has 0 radical (unpaired) electrons. The minimum atomic E-state index is 0. The number of guanidine groups is 1. The molecule has 0 unspecified atom stereocenters. The Morgan fingerprint density at radius 1 is 1.00 bits per heavy atom. The van der Waals surface area contributed by atoms with Crippen LogP contribution in [0.15, 0.2) is 29.3 Å². The lowest BCUT2D eigenvalue weighted by molar-refractivity contribution is 0.206. The highest BCUT2D eigenvalue weighted by Gasteiger charge is 2.19. The van der Waals surface area contributed by atoms with Crippen LogP contribution in [-0.4, -0.2) is 61.6 Å². The van der Waals surface area contributed by atoms with Crippen molar-refractivity contribution in [3.63, 3.8) is 0 Å². The Kier molecular flexibility index (Phi) is 12.1. The largest absolute Gasteiger partial charge is 0.354 e. The molecule has 30 heavy (non-hydrogen) atoms. The van der Waals surface area contributed by atoms with Crippen LogP contribution in [0.5, 0.6) is 0 Å². The number of aliphatic imine (C=N–C) groups is 1. The quantitative estimate of drug-likeness (QED) is 0.317. The van der Waals surface area contributed by atoms with Crippen LogP contribution in [0.4, 0.5) is 0 Å². The summed E-state index contributed by atoms with van der Waals surface area (Å²) in [5, 5.41) is 7.15. The molecule has 0 atom stereocenters. The zero-order chi connectivity index (χ0) is 20.3. The number of halogens is 1. The summed E-state index contributed by atoms with van der Waals surface area (Å²) < 4.78 is 0. The van der Waals surface area contributed by atoms with Gasteiger partial charge in [-0.1, -0.05) is 44.0 Å². The van der Waals surface area contributed by atoms with Crippen molar-refractivity contribution in [3.8, 4) is 0 Å². The normalized spacial score (nSPS) is 19.7. The molecule has 1 aromatic carbocycles. The summed E-state index contributed by atoms with van der Waals surface area (Å²) >= 11 is 0. The van der Waals surface area contributed by atoms with Gasteiger partial charge in [-0.15, -0.1) is 24.0 Å². The van der Waals surface area contributed by atoms with Crippen molar-refractivity contribution in [3.05, 3.63) is 35.4 Å². The Hall–Kier alpha value is -0.860. The van der Waals surface area contributed by atoms with E-state index in [1.165, 1.54) is 88.8 Å². The standard InChI is InChI=1S/C24H41N5.HI/c1-3-13-28-16-11-23(12-17-28)27-24(25-2)26-19-21-9-8-10-22(18-21)20-29-14-6-4-5-7-15-29;/h8-10,18,23H,3-7,11-17,19-20H2,1-2H3,(H2,25,26,27);1H. The fourth-order valence-electron chi connectivity index (χ4n) is 4.58. The van der Waals surface area contributed by atoms with Crippen LogP contribution in [0, 0.1) is 0 Å². The van der Waals surface area contributed by atoms with E-state index in [9.17, 15) is 0 Å². The molecular formula is C24H42IN5. The first-order chi connectivity index (χ1) is 14.3. The van der Waals surface area contributed by atoms with Gasteiger partial charge in [0.05, 0.1) is 0 Å². The third-order valence-electron chi connectivity index (χ3n) is 6.25. The van der Waals surface area contributed by atoms with Gasteiger partial charge in [-0.2, -0.15) is 0 Å². The number of rotatable bonds is 7. The lowest BCUT2D eigenvalue weighted by Crippen LogP contribution is -2.48. The summed E-state index contributed by atoms with van der Waals surface area (Å²) in [4.78, 5) is 9.64. The maximum absolute atomic E-state index is 4.45. The van der Waals surface area contributed by atoms with Gasteiger partial charge in [0.1, 0.15) is 0 Å². The molecule has 0 saturated carbocycles. The Labute approximate surface area is 201 Å². The fraction of sp³-hybridized carbons (Fsp3) is 0.708. The Morgan fingerprint density at radius 3 is 2.37 bits per heavy atom. The topological polar surface area (TPSA) is 42.9 Å². The second kappa shape index (κ2) is 14.2. The minimum Gasteiger partial charge on any atom is -0.354 e. The van der Waals surface area contributed by atoms with Crippen LogP contribution in [0.1, 0.15) is 63.0 Å². The molecule has 0 aliphatic carbocycles. The second-order valence-corrected chi connectivity index (χ2v) is 8.70. The highest BCUT2D eigenvalue weighted by Crippen LogP contribution is 2.14. The number of nitrogens with zero attached hydrogens (tertiary/aromatic N) is 3. The summed E-state index contributed by atoms with van der Waals surface area (Å²) in [6.45, 7) is 10.3. The summed E-state index contributed by atoms with van der Waals surface area (Å²) in [6, 6.07) is 9.57. The van der Waals surface area contributed by atoms with Crippen molar-refractivity contribution in [1.82, 2.24) is 20.4 Å². The average Bonchev–Trinajstić information content (AvgIpc) is 3.01. The van der Waals surface area contributed by atoms with Crippen molar-refractivity contribution >= 4 is 29.9 Å². The van der Waals surface area contributed by atoms with Gasteiger partial charge in [0.25, 0.3) is 0 Å². The third kappa shape index (κ3) is 8.71. The zero-order valence-electron chi connectivity index (χ0n) is 19.0. The zero-order valence-corrected chi connectivity index (χ0v) is 21.4. The van der Waals surface area contributed by atoms with Gasteiger partial charge >= 0.3 is 0 Å². The van der Waals surface area contributed by atoms with E-state index in [4.69, 9.17) is 0 Å². The van der Waals surface area contributed by atoms with Crippen LogP contribution in [-0.2, 0) is 13.1 Å². The second-order valence-electron chi connectivity index (χ2n) is 8.70. The highest BCUT2D eigenvalue weighted by molar-refractivity contribution is 14.0. The van der Waals surface area contributed by atoms with Crippen molar-refractivity contribution in [2.75, 3.05) is 39.8 Å². The summed E-state index contributed by atoms with van der Waals surface area (Å²) in [5.74, 6) is 0.928. The van der Waals surface area contributed by atoms with Crippen LogP contribution < -0.4 is 10.6 Å². The highest BCUT2D eigenvalue weighted by atomic mass is 127. The van der Waals surface area contributed by atoms with Crippen LogP contribution in [0.25, 0.3) is 0 Å². The minimum absolute atomic E-state index is 0. The number of nitrogens with one attached hydrogen (secondary N) is 2. The van der Waals surface area contributed by atoms with Crippen molar-refractivity contribution in [2.24, 2.45) is 4.99 Å². The first-order valence-electron chi connectivity index (χ1n) is 11.8. The fourth-order valence-corrected chi connectivity index (χ4v) is 4.58. The van der Waals surface area contributed by atoms with Crippen LogP contribution >= 0.6 is 24.0 Å². The monoisotopic (exact) mass is 527 g/mol. The van der Waals surface area contributed by atoms with E-state index in [0.717, 1.165) is 19.0 Å². The maximum Gasteiger partial charge on any atom is 0.191 e.